The number of nitrogens with zero attached hydrogens (tertiary/aromatic N) is 1. The Balaban J connectivity index is 2.52. The van der Waals surface area contributed by atoms with Crippen molar-refractivity contribution in [2.45, 2.75) is 66.0 Å². The molecule has 1 heterocycles. The summed E-state index contributed by atoms with van der Waals surface area (Å²) >= 11 is 0. The van der Waals surface area contributed by atoms with Crippen LogP contribution in [0.1, 0.15) is 53.9 Å². The van der Waals surface area contributed by atoms with Crippen LogP contribution in [0.4, 0.5) is 0 Å². The highest BCUT2D eigenvalue weighted by Gasteiger charge is 2.33. The van der Waals surface area contributed by atoms with Crippen molar-refractivity contribution in [1.82, 2.24) is 4.90 Å². The van der Waals surface area contributed by atoms with Gasteiger partial charge in [0.05, 0.1) is 6.61 Å². The lowest BCUT2D eigenvalue weighted by molar-refractivity contribution is 0.0435. The molecule has 2 unspecified atom stereocenters. The first kappa shape index (κ1) is 16.9. The van der Waals surface area contributed by atoms with Crippen molar-refractivity contribution in [3.05, 3.63) is 0 Å². The molecule has 0 aromatic heterocycles. The van der Waals surface area contributed by atoms with Crippen molar-refractivity contribution in [2.75, 3.05) is 19.7 Å². The van der Waals surface area contributed by atoms with Crippen LogP contribution in [0.2, 0.25) is 0 Å². The molecule has 1 fully saturated rings. The Labute approximate surface area is 119 Å². The predicted molar refractivity (Wildman–Crippen MR) is 82.1 cm³/mol. The molecule has 0 aliphatic carbocycles. The molecule has 3 nitrogen and oxygen atoms in total. The van der Waals surface area contributed by atoms with Gasteiger partial charge < -0.3 is 10.8 Å². The molecule has 0 bridgehead atoms. The number of hydrogen-bond donors (Lipinski definition) is 2. The molecule has 0 spiro atoms. The Morgan fingerprint density at radius 2 is 1.74 bits per heavy atom. The summed E-state index contributed by atoms with van der Waals surface area (Å²) in [6.45, 7) is 13.7. The number of rotatable bonds is 5. The molecule has 0 saturated carbocycles. The van der Waals surface area contributed by atoms with Gasteiger partial charge in [-0.1, -0.05) is 34.6 Å². The molecule has 0 aromatic rings. The summed E-state index contributed by atoms with van der Waals surface area (Å²) in [5, 5.41) is 9.67. The van der Waals surface area contributed by atoms with Crippen LogP contribution in [-0.2, 0) is 0 Å². The summed E-state index contributed by atoms with van der Waals surface area (Å²) in [5.41, 5.74) is 6.68. The SMILES string of the molecule is CC(C)CC(N)C(CO)N1CCC(C(C)(C)C)CC1. The first-order valence-corrected chi connectivity index (χ1v) is 7.86. The molecule has 0 radical (unpaired) electrons. The molecule has 19 heavy (non-hydrogen) atoms. The quantitative estimate of drug-likeness (QED) is 0.807. The minimum absolute atomic E-state index is 0.0937. The fraction of sp³-hybridized carbons (Fsp3) is 1.00. The van der Waals surface area contributed by atoms with Gasteiger partial charge in [-0.15, -0.1) is 0 Å². The Hall–Kier alpha value is -0.120. The highest BCUT2D eigenvalue weighted by atomic mass is 16.3. The second-order valence-corrected chi connectivity index (χ2v) is 7.72. The number of hydrogen-bond acceptors (Lipinski definition) is 3. The molecule has 1 saturated heterocycles. The Morgan fingerprint density at radius 1 is 1.21 bits per heavy atom. The summed E-state index contributed by atoms with van der Waals surface area (Å²) < 4.78 is 0. The molecule has 114 valence electrons. The Morgan fingerprint density at radius 3 is 2.11 bits per heavy atom. The number of aliphatic hydroxyl groups is 1. The van der Waals surface area contributed by atoms with Crippen LogP contribution >= 0.6 is 0 Å². The number of piperidine rings is 1. The Kier molecular flexibility index (Phi) is 6.28. The average molecular weight is 270 g/mol. The summed E-state index contributed by atoms with van der Waals surface area (Å²) in [6, 6.07) is 0.236. The van der Waals surface area contributed by atoms with Gasteiger partial charge in [0.1, 0.15) is 0 Å². The van der Waals surface area contributed by atoms with Gasteiger partial charge in [-0.2, -0.15) is 0 Å². The zero-order valence-corrected chi connectivity index (χ0v) is 13.5. The van der Waals surface area contributed by atoms with E-state index in [9.17, 15) is 5.11 Å². The molecule has 0 aromatic carbocycles. The summed E-state index contributed by atoms with van der Waals surface area (Å²) in [7, 11) is 0. The fourth-order valence-corrected chi connectivity index (χ4v) is 3.32. The monoisotopic (exact) mass is 270 g/mol. The molecular formula is C16H34N2O. The predicted octanol–water partition coefficient (Wildman–Crippen LogP) is 2.48. The van der Waals surface area contributed by atoms with Gasteiger partial charge in [0.15, 0.2) is 0 Å². The number of aliphatic hydroxyl groups excluding tert-OH is 1. The Bertz CT molecular complexity index is 252. The van der Waals surface area contributed by atoms with Crippen molar-refractivity contribution in [1.29, 1.82) is 0 Å². The second kappa shape index (κ2) is 7.05. The zero-order chi connectivity index (χ0) is 14.6. The highest BCUT2D eigenvalue weighted by Crippen LogP contribution is 2.34. The third kappa shape index (κ3) is 5.05. The maximum Gasteiger partial charge on any atom is 0.0601 e. The number of likely N-dealkylation sites (tertiary alicyclic amines) is 1. The lowest BCUT2D eigenvalue weighted by Crippen LogP contribution is -2.53. The summed E-state index contributed by atoms with van der Waals surface area (Å²) in [5.74, 6) is 1.39. The van der Waals surface area contributed by atoms with Crippen molar-refractivity contribution in [3.63, 3.8) is 0 Å². The first-order chi connectivity index (χ1) is 8.75. The van der Waals surface area contributed by atoms with Crippen LogP contribution in [-0.4, -0.2) is 41.8 Å². The second-order valence-electron chi connectivity index (χ2n) is 7.72. The van der Waals surface area contributed by atoms with Crippen LogP contribution in [0, 0.1) is 17.3 Å². The van der Waals surface area contributed by atoms with Gasteiger partial charge in [0, 0.05) is 12.1 Å². The maximum atomic E-state index is 9.67. The van der Waals surface area contributed by atoms with Crippen LogP contribution in [0.25, 0.3) is 0 Å². The normalized spacial score (nSPS) is 22.7. The van der Waals surface area contributed by atoms with E-state index in [-0.39, 0.29) is 18.7 Å². The standard InChI is InChI=1S/C16H34N2O/c1-12(2)10-14(17)15(11-19)18-8-6-13(7-9-18)16(3,4)5/h12-15,19H,6-11,17H2,1-5H3. The molecule has 1 aliphatic heterocycles. The van der Waals surface area contributed by atoms with E-state index >= 15 is 0 Å². The molecular weight excluding hydrogens is 236 g/mol. The van der Waals surface area contributed by atoms with E-state index < -0.39 is 0 Å². The van der Waals surface area contributed by atoms with Crippen LogP contribution in [0.15, 0.2) is 0 Å². The fourth-order valence-electron chi connectivity index (χ4n) is 3.32. The molecule has 1 aliphatic rings. The largest absolute Gasteiger partial charge is 0.395 e. The summed E-state index contributed by atoms with van der Waals surface area (Å²) in [4.78, 5) is 2.41. The van der Waals surface area contributed by atoms with E-state index in [2.05, 4.69) is 39.5 Å². The van der Waals surface area contributed by atoms with Crippen molar-refractivity contribution in [2.24, 2.45) is 23.0 Å². The van der Waals surface area contributed by atoms with Gasteiger partial charge in [-0.05, 0) is 49.6 Å². The molecule has 3 N–H and O–H groups in total. The number of nitrogens with two attached hydrogens (primary N) is 1. The third-order valence-electron chi connectivity index (χ3n) is 4.65. The molecule has 0 amide bonds. The zero-order valence-electron chi connectivity index (χ0n) is 13.5. The van der Waals surface area contributed by atoms with Gasteiger partial charge in [0.2, 0.25) is 0 Å². The third-order valence-corrected chi connectivity index (χ3v) is 4.65. The van der Waals surface area contributed by atoms with Gasteiger partial charge >= 0.3 is 0 Å². The van der Waals surface area contributed by atoms with E-state index in [1.54, 1.807) is 0 Å². The van der Waals surface area contributed by atoms with Crippen molar-refractivity contribution in [3.8, 4) is 0 Å². The lowest BCUT2D eigenvalue weighted by atomic mass is 9.75. The molecule has 2 atom stereocenters. The van der Waals surface area contributed by atoms with E-state index in [1.165, 1.54) is 12.8 Å². The first-order valence-electron chi connectivity index (χ1n) is 7.86. The van der Waals surface area contributed by atoms with E-state index in [0.29, 0.717) is 11.3 Å². The minimum atomic E-state index is 0.0937. The van der Waals surface area contributed by atoms with Gasteiger partial charge in [-0.3, -0.25) is 4.90 Å². The average Bonchev–Trinajstić information content (AvgIpc) is 2.28. The smallest absolute Gasteiger partial charge is 0.0601 e. The minimum Gasteiger partial charge on any atom is -0.395 e. The van der Waals surface area contributed by atoms with Crippen LogP contribution in [0.5, 0.6) is 0 Å². The lowest BCUT2D eigenvalue weighted by Gasteiger charge is -2.43. The van der Waals surface area contributed by atoms with E-state index in [1.807, 2.05) is 0 Å². The topological polar surface area (TPSA) is 49.5 Å². The van der Waals surface area contributed by atoms with Crippen LogP contribution in [0.3, 0.4) is 0 Å². The van der Waals surface area contributed by atoms with Crippen LogP contribution < -0.4 is 5.73 Å². The van der Waals surface area contributed by atoms with Crippen molar-refractivity contribution >= 4 is 0 Å². The van der Waals surface area contributed by atoms with E-state index in [0.717, 1.165) is 25.4 Å². The highest BCUT2D eigenvalue weighted by molar-refractivity contribution is 4.88. The molecule has 1 rings (SSSR count). The molecule has 3 heteroatoms. The summed E-state index contributed by atoms with van der Waals surface area (Å²) in [6.07, 6.45) is 3.45. The van der Waals surface area contributed by atoms with Crippen molar-refractivity contribution < 1.29 is 5.11 Å². The van der Waals surface area contributed by atoms with E-state index in [4.69, 9.17) is 5.73 Å². The maximum absolute atomic E-state index is 9.67. The van der Waals surface area contributed by atoms with Gasteiger partial charge in [-0.25, -0.2) is 0 Å². The van der Waals surface area contributed by atoms with Gasteiger partial charge in [0.25, 0.3) is 0 Å².